The van der Waals surface area contributed by atoms with Crippen LogP contribution in [-0.2, 0) is 0 Å². The minimum atomic E-state index is 0.559. The van der Waals surface area contributed by atoms with Gasteiger partial charge in [0.15, 0.2) is 0 Å². The fourth-order valence-corrected chi connectivity index (χ4v) is 4.17. The van der Waals surface area contributed by atoms with Gasteiger partial charge in [0.05, 0.1) is 0 Å². The van der Waals surface area contributed by atoms with Gasteiger partial charge in [-0.1, -0.05) is 0 Å². The summed E-state index contributed by atoms with van der Waals surface area (Å²) in [4.78, 5) is 2.59. The average Bonchev–Trinajstić information content (AvgIpc) is 2.97. The Morgan fingerprint density at radius 1 is 1.35 bits per heavy atom. The Morgan fingerprint density at radius 2 is 2.06 bits per heavy atom. The van der Waals surface area contributed by atoms with Gasteiger partial charge >= 0.3 is 0 Å². The highest BCUT2D eigenvalue weighted by atomic mass is 32.1. The molecule has 0 amide bonds. The van der Waals surface area contributed by atoms with Crippen LogP contribution in [0.4, 0.5) is 0 Å². The largest absolute Gasteiger partial charge is 0.311 e. The third-order valence-corrected chi connectivity index (χ3v) is 5.36. The predicted molar refractivity (Wildman–Crippen MR) is 73.5 cm³/mol. The first-order valence-electron chi connectivity index (χ1n) is 6.74. The normalized spacial score (nSPS) is 34.2. The van der Waals surface area contributed by atoms with Crippen molar-refractivity contribution in [2.24, 2.45) is 0 Å². The molecule has 3 atom stereocenters. The Kier molecular flexibility index (Phi) is 3.24. The molecular weight excluding hydrogens is 228 g/mol. The van der Waals surface area contributed by atoms with Crippen molar-refractivity contribution >= 4 is 11.3 Å². The first-order valence-corrected chi connectivity index (χ1v) is 7.68. The summed E-state index contributed by atoms with van der Waals surface area (Å²) in [5, 5.41) is 8.20. The zero-order valence-electron chi connectivity index (χ0n) is 10.7. The van der Waals surface area contributed by atoms with Crippen molar-refractivity contribution in [1.82, 2.24) is 10.2 Å². The number of thiophene rings is 1. The summed E-state index contributed by atoms with van der Waals surface area (Å²) in [5.74, 6) is 0. The fraction of sp³-hybridized carbons (Fsp3) is 0.714. The highest BCUT2D eigenvalue weighted by Crippen LogP contribution is 2.33. The van der Waals surface area contributed by atoms with Crippen molar-refractivity contribution in [3.63, 3.8) is 0 Å². The fourth-order valence-electron chi connectivity index (χ4n) is 3.42. The van der Waals surface area contributed by atoms with Crippen LogP contribution in [0.15, 0.2) is 16.8 Å². The van der Waals surface area contributed by atoms with Crippen molar-refractivity contribution in [2.75, 3.05) is 7.05 Å². The summed E-state index contributed by atoms with van der Waals surface area (Å²) in [6.07, 6.45) is 5.45. The van der Waals surface area contributed by atoms with Gasteiger partial charge in [-0.15, -0.1) is 0 Å². The number of nitrogens with zero attached hydrogens (tertiary/aromatic N) is 1. The Morgan fingerprint density at radius 3 is 2.65 bits per heavy atom. The van der Waals surface area contributed by atoms with Crippen LogP contribution in [0.2, 0.25) is 0 Å². The number of rotatable bonds is 3. The van der Waals surface area contributed by atoms with Crippen LogP contribution in [0.25, 0.3) is 0 Å². The van der Waals surface area contributed by atoms with Gasteiger partial charge in [0, 0.05) is 24.2 Å². The molecule has 3 unspecified atom stereocenters. The molecule has 2 aliphatic rings. The first kappa shape index (κ1) is 11.7. The lowest BCUT2D eigenvalue weighted by atomic mass is 9.96. The Bertz CT molecular complexity index is 350. The van der Waals surface area contributed by atoms with Crippen LogP contribution >= 0.6 is 11.3 Å². The second-order valence-corrected chi connectivity index (χ2v) is 6.44. The number of piperidine rings is 1. The Hall–Kier alpha value is -0.380. The van der Waals surface area contributed by atoms with E-state index in [9.17, 15) is 0 Å². The van der Waals surface area contributed by atoms with E-state index in [0.29, 0.717) is 6.04 Å². The second kappa shape index (κ2) is 4.71. The van der Waals surface area contributed by atoms with Gasteiger partial charge in [0.2, 0.25) is 0 Å². The van der Waals surface area contributed by atoms with E-state index >= 15 is 0 Å². The lowest BCUT2D eigenvalue weighted by Gasteiger charge is -2.38. The standard InChI is InChI=1S/C14H22N2S/c1-10(11-5-6-17-9-11)16(2)14-7-12-3-4-13(8-14)15-12/h5-6,9-10,12-15H,3-4,7-8H2,1-2H3. The van der Waals surface area contributed by atoms with E-state index in [2.05, 4.69) is 41.0 Å². The molecule has 2 bridgehead atoms. The van der Waals surface area contributed by atoms with Crippen LogP contribution in [-0.4, -0.2) is 30.1 Å². The van der Waals surface area contributed by atoms with Gasteiger partial charge in [-0.05, 0) is 62.0 Å². The predicted octanol–water partition coefficient (Wildman–Crippen LogP) is 3.02. The van der Waals surface area contributed by atoms with Gasteiger partial charge in [-0.2, -0.15) is 11.3 Å². The monoisotopic (exact) mass is 250 g/mol. The molecule has 3 rings (SSSR count). The van der Waals surface area contributed by atoms with Crippen LogP contribution in [0.3, 0.4) is 0 Å². The molecule has 2 aliphatic heterocycles. The molecule has 1 N–H and O–H groups in total. The molecule has 0 saturated carbocycles. The van der Waals surface area contributed by atoms with Crippen LogP contribution in [0.5, 0.6) is 0 Å². The van der Waals surface area contributed by atoms with Crippen LogP contribution in [0, 0.1) is 0 Å². The highest BCUT2D eigenvalue weighted by Gasteiger charge is 2.36. The summed E-state index contributed by atoms with van der Waals surface area (Å²) in [7, 11) is 2.30. The Labute approximate surface area is 108 Å². The van der Waals surface area contributed by atoms with Gasteiger partial charge < -0.3 is 5.32 Å². The molecular formula is C14H22N2S. The summed E-state index contributed by atoms with van der Waals surface area (Å²) in [6, 6.07) is 5.17. The summed E-state index contributed by atoms with van der Waals surface area (Å²) >= 11 is 1.81. The molecule has 2 fully saturated rings. The number of nitrogens with one attached hydrogen (secondary N) is 1. The maximum atomic E-state index is 3.72. The van der Waals surface area contributed by atoms with Gasteiger partial charge in [-0.25, -0.2) is 0 Å². The number of hydrogen-bond donors (Lipinski definition) is 1. The summed E-state index contributed by atoms with van der Waals surface area (Å²) in [6.45, 7) is 2.34. The second-order valence-electron chi connectivity index (χ2n) is 5.66. The van der Waals surface area contributed by atoms with E-state index in [1.54, 1.807) is 11.3 Å². The first-order chi connectivity index (χ1) is 8.24. The van der Waals surface area contributed by atoms with Crippen molar-refractivity contribution in [3.05, 3.63) is 22.4 Å². The quantitative estimate of drug-likeness (QED) is 0.887. The molecule has 0 aliphatic carbocycles. The number of hydrogen-bond acceptors (Lipinski definition) is 3. The summed E-state index contributed by atoms with van der Waals surface area (Å²) < 4.78 is 0. The molecule has 1 aromatic rings. The molecule has 1 aromatic heterocycles. The van der Waals surface area contributed by atoms with Crippen LogP contribution < -0.4 is 5.32 Å². The van der Waals surface area contributed by atoms with E-state index in [1.165, 1.54) is 31.2 Å². The van der Waals surface area contributed by atoms with E-state index in [1.807, 2.05) is 0 Å². The van der Waals surface area contributed by atoms with Gasteiger partial charge in [0.25, 0.3) is 0 Å². The van der Waals surface area contributed by atoms with Gasteiger partial charge in [0.1, 0.15) is 0 Å². The zero-order chi connectivity index (χ0) is 11.8. The summed E-state index contributed by atoms with van der Waals surface area (Å²) in [5.41, 5.74) is 1.48. The molecule has 0 aromatic carbocycles. The molecule has 3 heterocycles. The lowest BCUT2D eigenvalue weighted by Crippen LogP contribution is -2.47. The molecule has 0 spiro atoms. The van der Waals surface area contributed by atoms with Crippen molar-refractivity contribution < 1.29 is 0 Å². The topological polar surface area (TPSA) is 15.3 Å². The maximum Gasteiger partial charge on any atom is 0.0328 e. The minimum Gasteiger partial charge on any atom is -0.311 e. The molecule has 0 radical (unpaired) electrons. The minimum absolute atomic E-state index is 0.559. The highest BCUT2D eigenvalue weighted by molar-refractivity contribution is 7.07. The molecule has 94 valence electrons. The Balaban J connectivity index is 1.68. The SMILES string of the molecule is CC(c1ccsc1)N(C)C1CC2CCC(C1)N2. The van der Waals surface area contributed by atoms with Crippen LogP contribution in [0.1, 0.15) is 44.2 Å². The molecule has 3 heteroatoms. The van der Waals surface area contributed by atoms with Crippen molar-refractivity contribution in [1.29, 1.82) is 0 Å². The lowest BCUT2D eigenvalue weighted by molar-refractivity contribution is 0.133. The average molecular weight is 250 g/mol. The van der Waals surface area contributed by atoms with Gasteiger partial charge in [-0.3, -0.25) is 4.90 Å². The molecule has 17 heavy (non-hydrogen) atoms. The van der Waals surface area contributed by atoms with Crippen molar-refractivity contribution in [3.8, 4) is 0 Å². The van der Waals surface area contributed by atoms with E-state index in [-0.39, 0.29) is 0 Å². The van der Waals surface area contributed by atoms with E-state index in [4.69, 9.17) is 0 Å². The zero-order valence-corrected chi connectivity index (χ0v) is 11.5. The van der Waals surface area contributed by atoms with E-state index in [0.717, 1.165) is 18.1 Å². The smallest absolute Gasteiger partial charge is 0.0328 e. The third kappa shape index (κ3) is 2.28. The maximum absolute atomic E-state index is 3.72. The van der Waals surface area contributed by atoms with Crippen molar-refractivity contribution in [2.45, 2.75) is 56.8 Å². The number of fused-ring (bicyclic) bond motifs is 2. The third-order valence-electron chi connectivity index (χ3n) is 4.66. The van der Waals surface area contributed by atoms with E-state index < -0.39 is 0 Å². The molecule has 2 nitrogen and oxygen atoms in total. The molecule has 2 saturated heterocycles.